The lowest BCUT2D eigenvalue weighted by Crippen LogP contribution is -2.37. The minimum Gasteiger partial charge on any atom is -0.356 e. The first kappa shape index (κ1) is 11.0. The Hall–Kier alpha value is -1.06. The van der Waals surface area contributed by atoms with Gasteiger partial charge < -0.3 is 10.2 Å². The molecule has 1 aliphatic rings. The lowest BCUT2D eigenvalue weighted by Gasteiger charge is -2.26. The average molecular weight is 198 g/mol. The Labute approximate surface area is 84.7 Å². The predicted octanol–water partition coefficient (Wildman–Crippen LogP) is 0.525. The Balaban J connectivity index is 2.16. The van der Waals surface area contributed by atoms with Crippen molar-refractivity contribution in [3.63, 3.8) is 0 Å². The molecular weight excluding hydrogens is 180 g/mol. The normalized spacial score (nSPS) is 16.5. The molecule has 4 heteroatoms. The number of rotatable bonds is 3. The predicted molar refractivity (Wildman–Crippen MR) is 53.7 cm³/mol. The third-order valence-electron chi connectivity index (χ3n) is 2.42. The van der Waals surface area contributed by atoms with Crippen molar-refractivity contribution in [2.24, 2.45) is 0 Å². The third kappa shape index (κ3) is 3.77. The van der Waals surface area contributed by atoms with Crippen molar-refractivity contribution >= 4 is 11.8 Å². The summed E-state index contributed by atoms with van der Waals surface area (Å²) in [5.41, 5.74) is 0. The van der Waals surface area contributed by atoms with E-state index in [-0.39, 0.29) is 11.8 Å². The molecule has 4 nitrogen and oxygen atoms in total. The van der Waals surface area contributed by atoms with Gasteiger partial charge in [0.2, 0.25) is 11.8 Å². The van der Waals surface area contributed by atoms with Crippen molar-refractivity contribution in [2.45, 2.75) is 32.6 Å². The van der Waals surface area contributed by atoms with E-state index >= 15 is 0 Å². The second-order valence-electron chi connectivity index (χ2n) is 3.67. The van der Waals surface area contributed by atoms with Gasteiger partial charge >= 0.3 is 0 Å². The van der Waals surface area contributed by atoms with Crippen molar-refractivity contribution in [3.05, 3.63) is 0 Å². The largest absolute Gasteiger partial charge is 0.356 e. The maximum absolute atomic E-state index is 11.6. The maximum Gasteiger partial charge on any atom is 0.224 e. The molecule has 1 saturated heterocycles. The fourth-order valence-electron chi connectivity index (χ4n) is 1.65. The lowest BCUT2D eigenvalue weighted by atomic mass is 10.1. The van der Waals surface area contributed by atoms with Crippen LogP contribution in [0.15, 0.2) is 0 Å². The zero-order chi connectivity index (χ0) is 10.4. The monoisotopic (exact) mass is 198 g/mol. The van der Waals surface area contributed by atoms with Gasteiger partial charge in [-0.1, -0.05) is 0 Å². The molecule has 0 bridgehead atoms. The number of likely N-dealkylation sites (tertiary alicyclic amines) is 1. The standard InChI is InChI=1S/C10H18N2O2/c1-9(13)11-6-5-10(14)12-7-3-2-4-8-12/h2-8H2,1H3,(H,11,13). The smallest absolute Gasteiger partial charge is 0.224 e. The van der Waals surface area contributed by atoms with Crippen LogP contribution in [0.2, 0.25) is 0 Å². The van der Waals surface area contributed by atoms with Crippen LogP contribution in [0.1, 0.15) is 32.6 Å². The summed E-state index contributed by atoms with van der Waals surface area (Å²) in [5, 5.41) is 2.63. The van der Waals surface area contributed by atoms with E-state index in [4.69, 9.17) is 0 Å². The molecule has 0 spiro atoms. The summed E-state index contributed by atoms with van der Waals surface area (Å²) in [6.45, 7) is 3.70. The first-order chi connectivity index (χ1) is 6.70. The molecule has 1 heterocycles. The van der Waals surface area contributed by atoms with Crippen LogP contribution in [0.3, 0.4) is 0 Å². The van der Waals surface area contributed by atoms with Crippen LogP contribution in [-0.4, -0.2) is 36.3 Å². The fraction of sp³-hybridized carbons (Fsp3) is 0.800. The van der Waals surface area contributed by atoms with Gasteiger partial charge in [0.1, 0.15) is 0 Å². The number of amides is 2. The molecule has 1 aliphatic heterocycles. The molecule has 0 aliphatic carbocycles. The highest BCUT2D eigenvalue weighted by atomic mass is 16.2. The van der Waals surface area contributed by atoms with Crippen LogP contribution >= 0.6 is 0 Å². The summed E-state index contributed by atoms with van der Waals surface area (Å²) in [7, 11) is 0. The summed E-state index contributed by atoms with van der Waals surface area (Å²) in [4.78, 5) is 24.0. The number of hydrogen-bond acceptors (Lipinski definition) is 2. The maximum atomic E-state index is 11.6. The zero-order valence-electron chi connectivity index (χ0n) is 8.71. The van der Waals surface area contributed by atoms with E-state index in [2.05, 4.69) is 5.32 Å². The second-order valence-corrected chi connectivity index (χ2v) is 3.67. The SMILES string of the molecule is CC(=O)NCCC(=O)N1CCCCC1. The number of carbonyl (C=O) groups excluding carboxylic acids is 2. The summed E-state index contributed by atoms with van der Waals surface area (Å²) in [6, 6.07) is 0. The van der Waals surface area contributed by atoms with Gasteiger partial charge in [-0.15, -0.1) is 0 Å². The molecule has 0 aromatic carbocycles. The molecule has 14 heavy (non-hydrogen) atoms. The van der Waals surface area contributed by atoms with Crippen LogP contribution in [0, 0.1) is 0 Å². The molecule has 0 atom stereocenters. The molecule has 0 aromatic heterocycles. The van der Waals surface area contributed by atoms with Crippen molar-refractivity contribution in [3.8, 4) is 0 Å². The van der Waals surface area contributed by atoms with E-state index in [1.165, 1.54) is 13.3 Å². The third-order valence-corrected chi connectivity index (χ3v) is 2.42. The highest BCUT2D eigenvalue weighted by Crippen LogP contribution is 2.09. The highest BCUT2D eigenvalue weighted by molar-refractivity contribution is 5.78. The molecule has 2 amide bonds. The summed E-state index contributed by atoms with van der Waals surface area (Å²) in [6.07, 6.45) is 3.90. The quantitative estimate of drug-likeness (QED) is 0.719. The van der Waals surface area contributed by atoms with Crippen molar-refractivity contribution in [1.29, 1.82) is 0 Å². The molecule has 80 valence electrons. The lowest BCUT2D eigenvalue weighted by molar-refractivity contribution is -0.132. The van der Waals surface area contributed by atoms with E-state index < -0.39 is 0 Å². The van der Waals surface area contributed by atoms with Crippen LogP contribution in [0.25, 0.3) is 0 Å². The Bertz CT molecular complexity index is 210. The Morgan fingerprint density at radius 2 is 1.86 bits per heavy atom. The van der Waals surface area contributed by atoms with Gasteiger partial charge in [0.05, 0.1) is 0 Å². The molecule has 0 saturated carbocycles. The van der Waals surface area contributed by atoms with E-state index in [1.54, 1.807) is 0 Å². The fourth-order valence-corrected chi connectivity index (χ4v) is 1.65. The minimum absolute atomic E-state index is 0.0727. The van der Waals surface area contributed by atoms with Crippen LogP contribution < -0.4 is 5.32 Å². The van der Waals surface area contributed by atoms with Crippen LogP contribution in [-0.2, 0) is 9.59 Å². The molecule has 1 fully saturated rings. The topological polar surface area (TPSA) is 49.4 Å². The van der Waals surface area contributed by atoms with Gasteiger partial charge in [-0.3, -0.25) is 9.59 Å². The molecule has 0 unspecified atom stereocenters. The molecular formula is C10H18N2O2. The minimum atomic E-state index is -0.0727. The van der Waals surface area contributed by atoms with Crippen molar-refractivity contribution in [1.82, 2.24) is 10.2 Å². The molecule has 0 aromatic rings. The zero-order valence-corrected chi connectivity index (χ0v) is 8.71. The number of piperidine rings is 1. The van der Waals surface area contributed by atoms with E-state index in [0.29, 0.717) is 13.0 Å². The number of carbonyl (C=O) groups is 2. The Kier molecular flexibility index (Phi) is 4.43. The van der Waals surface area contributed by atoms with E-state index in [9.17, 15) is 9.59 Å². The number of nitrogens with zero attached hydrogens (tertiary/aromatic N) is 1. The van der Waals surface area contributed by atoms with Gasteiger partial charge in [0, 0.05) is 33.0 Å². The molecule has 1 rings (SSSR count). The van der Waals surface area contributed by atoms with E-state index in [1.807, 2.05) is 4.90 Å². The molecule has 0 radical (unpaired) electrons. The second kappa shape index (κ2) is 5.62. The molecule has 1 N–H and O–H groups in total. The first-order valence-corrected chi connectivity index (χ1v) is 5.22. The Morgan fingerprint density at radius 3 is 2.43 bits per heavy atom. The van der Waals surface area contributed by atoms with Gasteiger partial charge in [0.25, 0.3) is 0 Å². The summed E-state index contributed by atoms with van der Waals surface area (Å²) >= 11 is 0. The average Bonchev–Trinajstić information content (AvgIpc) is 2.18. The number of hydrogen-bond donors (Lipinski definition) is 1. The Morgan fingerprint density at radius 1 is 1.21 bits per heavy atom. The van der Waals surface area contributed by atoms with E-state index in [0.717, 1.165) is 25.9 Å². The van der Waals surface area contributed by atoms with Gasteiger partial charge in [0.15, 0.2) is 0 Å². The van der Waals surface area contributed by atoms with Crippen molar-refractivity contribution in [2.75, 3.05) is 19.6 Å². The summed E-state index contributed by atoms with van der Waals surface area (Å²) < 4.78 is 0. The van der Waals surface area contributed by atoms with Crippen molar-refractivity contribution < 1.29 is 9.59 Å². The van der Waals surface area contributed by atoms with Crippen LogP contribution in [0.4, 0.5) is 0 Å². The van der Waals surface area contributed by atoms with Gasteiger partial charge in [-0.05, 0) is 19.3 Å². The highest BCUT2D eigenvalue weighted by Gasteiger charge is 2.15. The van der Waals surface area contributed by atoms with Crippen LogP contribution in [0.5, 0.6) is 0 Å². The van der Waals surface area contributed by atoms with Gasteiger partial charge in [-0.2, -0.15) is 0 Å². The summed E-state index contributed by atoms with van der Waals surface area (Å²) in [5.74, 6) is 0.0925. The first-order valence-electron chi connectivity index (χ1n) is 5.22. The number of nitrogens with one attached hydrogen (secondary N) is 1. The van der Waals surface area contributed by atoms with Gasteiger partial charge in [-0.25, -0.2) is 0 Å².